The fourth-order valence-corrected chi connectivity index (χ4v) is 7.37. The molecule has 1 fully saturated rings. The van der Waals surface area contributed by atoms with Gasteiger partial charge in [-0.05, 0) is 46.4 Å². The Kier molecular flexibility index (Phi) is 6.79. The van der Waals surface area contributed by atoms with E-state index in [1.54, 1.807) is 32.0 Å². The largest absolute Gasteiger partial charge is 0.454 e. The number of ether oxygens (including phenoxy) is 1. The van der Waals surface area contributed by atoms with Crippen LogP contribution in [0.15, 0.2) is 71.2 Å². The van der Waals surface area contributed by atoms with Crippen molar-refractivity contribution in [3.63, 3.8) is 0 Å². The van der Waals surface area contributed by atoms with E-state index in [-0.39, 0.29) is 23.7 Å². The van der Waals surface area contributed by atoms with Crippen LogP contribution in [-0.4, -0.2) is 41.2 Å². The summed E-state index contributed by atoms with van der Waals surface area (Å²) in [4.78, 5) is 55.1. The zero-order valence-electron chi connectivity index (χ0n) is 21.8. The van der Waals surface area contributed by atoms with Crippen molar-refractivity contribution in [3.8, 4) is 0 Å². The molecule has 3 atom stereocenters. The zero-order chi connectivity index (χ0) is 28.3. The Labute approximate surface area is 245 Å². The lowest BCUT2D eigenvalue weighted by atomic mass is 9.55. The number of esters is 1. The third-order valence-electron chi connectivity index (χ3n) is 8.18. The Balaban J connectivity index is 1.26. The molecule has 3 aliphatic carbocycles. The lowest BCUT2D eigenvalue weighted by molar-refractivity contribution is -0.162. The summed E-state index contributed by atoms with van der Waals surface area (Å²) < 4.78 is 6.12. The van der Waals surface area contributed by atoms with Gasteiger partial charge in [0.1, 0.15) is 6.04 Å². The van der Waals surface area contributed by atoms with Gasteiger partial charge in [0.25, 0.3) is 5.91 Å². The average molecular weight is 622 g/mol. The van der Waals surface area contributed by atoms with Gasteiger partial charge in [0.15, 0.2) is 6.61 Å². The number of rotatable bonds is 6. The lowest BCUT2D eigenvalue weighted by Gasteiger charge is -2.45. The van der Waals surface area contributed by atoms with Gasteiger partial charge in [0.05, 0.1) is 22.5 Å². The van der Waals surface area contributed by atoms with Crippen molar-refractivity contribution in [2.75, 3.05) is 11.9 Å². The number of halogens is 2. The zero-order valence-corrected chi connectivity index (χ0v) is 24.1. The molecule has 2 bridgehead atoms. The number of anilines is 1. The third kappa shape index (κ3) is 4.16. The van der Waals surface area contributed by atoms with Gasteiger partial charge in [0, 0.05) is 16.3 Å². The van der Waals surface area contributed by atoms with Crippen LogP contribution in [-0.2, 0) is 23.9 Å². The van der Waals surface area contributed by atoms with Crippen LogP contribution >= 0.6 is 27.5 Å². The summed E-state index contributed by atoms with van der Waals surface area (Å²) in [5.41, 5.74) is 4.60. The van der Waals surface area contributed by atoms with E-state index in [2.05, 4.69) is 21.2 Å². The number of benzene rings is 3. The molecule has 1 saturated heterocycles. The highest BCUT2D eigenvalue weighted by Crippen LogP contribution is 2.61. The summed E-state index contributed by atoms with van der Waals surface area (Å²) in [5, 5.41) is 2.93. The van der Waals surface area contributed by atoms with E-state index in [4.69, 9.17) is 16.3 Å². The molecule has 9 heteroatoms. The van der Waals surface area contributed by atoms with E-state index in [1.807, 2.05) is 48.5 Å². The normalized spacial score (nSPS) is 23.0. The first-order valence-electron chi connectivity index (χ1n) is 13.1. The van der Waals surface area contributed by atoms with Gasteiger partial charge in [-0.3, -0.25) is 19.3 Å². The van der Waals surface area contributed by atoms with Crippen LogP contribution in [0.3, 0.4) is 0 Å². The summed E-state index contributed by atoms with van der Waals surface area (Å²) in [6.07, 6.45) is 0. The van der Waals surface area contributed by atoms with Gasteiger partial charge < -0.3 is 10.1 Å². The molecule has 0 spiro atoms. The van der Waals surface area contributed by atoms with Crippen LogP contribution in [0.4, 0.5) is 5.69 Å². The number of carbonyl (C=O) groups excluding carboxylic acids is 4. The van der Waals surface area contributed by atoms with Crippen LogP contribution < -0.4 is 5.32 Å². The lowest BCUT2D eigenvalue weighted by Crippen LogP contribution is -2.49. The smallest absolute Gasteiger partial charge is 0.330 e. The maximum absolute atomic E-state index is 14.1. The maximum atomic E-state index is 14.1. The van der Waals surface area contributed by atoms with Crippen molar-refractivity contribution < 1.29 is 23.9 Å². The molecule has 3 aromatic carbocycles. The topological polar surface area (TPSA) is 92.8 Å². The highest BCUT2D eigenvalue weighted by Gasteiger charge is 2.63. The summed E-state index contributed by atoms with van der Waals surface area (Å²) in [6, 6.07) is 19.8. The van der Waals surface area contributed by atoms with Gasteiger partial charge in [-0.2, -0.15) is 0 Å². The predicted molar refractivity (Wildman–Crippen MR) is 153 cm³/mol. The molecule has 1 heterocycles. The first-order valence-corrected chi connectivity index (χ1v) is 14.3. The number of carbonyl (C=O) groups is 4. The fourth-order valence-electron chi connectivity index (χ4n) is 6.65. The number of nitrogens with zero attached hydrogens (tertiary/aromatic N) is 1. The molecule has 0 unspecified atom stereocenters. The summed E-state index contributed by atoms with van der Waals surface area (Å²) in [6.45, 7) is 2.93. The monoisotopic (exact) mass is 620 g/mol. The second-order valence-electron chi connectivity index (χ2n) is 10.8. The standard InChI is InChI=1S/C31H26BrClN2O5/c1-15(2)28(31(39)40-14-23(36)34-22-12-11-16(32)13-21(22)33)35-29(37)26-24-17-7-3-4-8-18(17)25(27(26)30(35)38)20-10-6-5-9-19(20)24/h3-13,15,24-28H,14H2,1-2H3,(H,34,36)/t24?,25?,26-,27+,28-/m0/s1. The number of likely N-dealkylation sites (tertiary alicyclic amines) is 1. The maximum Gasteiger partial charge on any atom is 0.330 e. The first kappa shape index (κ1) is 26.7. The molecule has 7 rings (SSSR count). The Morgan fingerprint density at radius 2 is 1.40 bits per heavy atom. The van der Waals surface area contributed by atoms with Crippen LogP contribution in [0.1, 0.15) is 47.9 Å². The quantitative estimate of drug-likeness (QED) is 0.290. The van der Waals surface area contributed by atoms with Crippen molar-refractivity contribution in [2.24, 2.45) is 17.8 Å². The molecule has 0 saturated carbocycles. The molecule has 40 heavy (non-hydrogen) atoms. The second-order valence-corrected chi connectivity index (χ2v) is 12.1. The molecule has 1 aliphatic heterocycles. The van der Waals surface area contributed by atoms with E-state index < -0.39 is 42.3 Å². The molecule has 3 aromatic rings. The third-order valence-corrected chi connectivity index (χ3v) is 8.99. The number of amides is 3. The predicted octanol–water partition coefficient (Wildman–Crippen LogP) is 5.50. The summed E-state index contributed by atoms with van der Waals surface area (Å²) >= 11 is 9.48. The molecule has 4 aliphatic rings. The highest BCUT2D eigenvalue weighted by atomic mass is 79.9. The summed E-state index contributed by atoms with van der Waals surface area (Å²) in [5.74, 6) is -4.27. The van der Waals surface area contributed by atoms with E-state index in [1.165, 1.54) is 0 Å². The van der Waals surface area contributed by atoms with Crippen molar-refractivity contribution in [1.29, 1.82) is 0 Å². The Morgan fingerprint density at radius 3 is 1.85 bits per heavy atom. The number of imide groups is 1. The Hall–Kier alpha value is -3.49. The van der Waals surface area contributed by atoms with Crippen molar-refractivity contribution in [2.45, 2.75) is 31.7 Å². The van der Waals surface area contributed by atoms with Gasteiger partial charge in [0.2, 0.25) is 11.8 Å². The van der Waals surface area contributed by atoms with E-state index >= 15 is 0 Å². The average Bonchev–Trinajstić information content (AvgIpc) is 3.19. The SMILES string of the molecule is CC(C)[C@@H](C(=O)OCC(=O)Nc1ccc(Br)cc1Cl)N1C(=O)[C@@H]2C3c4ccccc4C(c4ccccc43)[C@@H]2C1=O. The van der Waals surface area contributed by atoms with Crippen molar-refractivity contribution in [3.05, 3.63) is 98.5 Å². The van der Waals surface area contributed by atoms with Crippen molar-refractivity contribution in [1.82, 2.24) is 4.90 Å². The Morgan fingerprint density at radius 1 is 0.900 bits per heavy atom. The van der Waals surface area contributed by atoms with E-state index in [0.29, 0.717) is 10.7 Å². The molecule has 3 amide bonds. The molecule has 7 nitrogen and oxygen atoms in total. The van der Waals surface area contributed by atoms with Gasteiger partial charge in [-0.25, -0.2) is 4.79 Å². The number of hydrogen-bond acceptors (Lipinski definition) is 5. The minimum absolute atomic E-state index is 0.269. The summed E-state index contributed by atoms with van der Waals surface area (Å²) in [7, 11) is 0. The molecular weight excluding hydrogens is 596 g/mol. The number of nitrogens with one attached hydrogen (secondary N) is 1. The van der Waals surface area contributed by atoms with Crippen molar-refractivity contribution >= 4 is 56.9 Å². The number of hydrogen-bond donors (Lipinski definition) is 1. The minimum Gasteiger partial charge on any atom is -0.454 e. The van der Waals surface area contributed by atoms with Gasteiger partial charge in [-0.1, -0.05) is 89.9 Å². The van der Waals surface area contributed by atoms with Crippen LogP contribution in [0.2, 0.25) is 5.02 Å². The van der Waals surface area contributed by atoms with E-state index in [9.17, 15) is 19.2 Å². The van der Waals surface area contributed by atoms with E-state index in [0.717, 1.165) is 31.6 Å². The van der Waals surface area contributed by atoms with Crippen LogP contribution in [0, 0.1) is 17.8 Å². The molecular formula is C31H26BrClN2O5. The minimum atomic E-state index is -1.15. The van der Waals surface area contributed by atoms with Crippen LogP contribution in [0.25, 0.3) is 0 Å². The molecule has 1 N–H and O–H groups in total. The fraction of sp³-hybridized carbons (Fsp3) is 0.290. The van der Waals surface area contributed by atoms with Gasteiger partial charge >= 0.3 is 5.97 Å². The van der Waals surface area contributed by atoms with Crippen LogP contribution in [0.5, 0.6) is 0 Å². The molecule has 0 aromatic heterocycles. The second kappa shape index (κ2) is 10.2. The molecule has 204 valence electrons. The molecule has 0 radical (unpaired) electrons. The van der Waals surface area contributed by atoms with Gasteiger partial charge in [-0.15, -0.1) is 0 Å². The first-order chi connectivity index (χ1) is 19.2. The highest BCUT2D eigenvalue weighted by molar-refractivity contribution is 9.10. The Bertz CT molecular complexity index is 1460.